The average molecular weight is 419 g/mol. The molecule has 0 spiro atoms. The van der Waals surface area contributed by atoms with Crippen LogP contribution in [0.4, 0.5) is 5.69 Å². The number of hydrogen-bond donors (Lipinski definition) is 1. The standard InChI is InChI=1S/C25H30N4O2/c1-18(13-19-5-3-2-4-6-19)15-28-9-11-29(12-10-28)16-24-22-17-30-23-14-20(26)7-8-21(23)25(22)27-31-24/h2-8,13-14,22,24H,9-12,15-17,26H2,1H3/b18-13+. The van der Waals surface area contributed by atoms with Crippen LogP contribution in [-0.2, 0) is 4.84 Å². The molecule has 162 valence electrons. The number of anilines is 1. The maximum absolute atomic E-state index is 5.97. The molecule has 6 heteroatoms. The van der Waals surface area contributed by atoms with Crippen molar-refractivity contribution in [3.05, 3.63) is 65.2 Å². The zero-order chi connectivity index (χ0) is 21.2. The monoisotopic (exact) mass is 418 g/mol. The Bertz CT molecular complexity index is 980. The number of oxime groups is 1. The number of piperazine rings is 1. The predicted molar refractivity (Wildman–Crippen MR) is 124 cm³/mol. The normalized spacial score (nSPS) is 24.0. The van der Waals surface area contributed by atoms with Crippen molar-refractivity contribution in [1.29, 1.82) is 0 Å². The van der Waals surface area contributed by atoms with E-state index in [0.717, 1.165) is 56.3 Å². The number of nitrogens with zero attached hydrogens (tertiary/aromatic N) is 3. The van der Waals surface area contributed by atoms with Gasteiger partial charge >= 0.3 is 0 Å². The maximum Gasteiger partial charge on any atom is 0.151 e. The van der Waals surface area contributed by atoms with Crippen molar-refractivity contribution in [3.8, 4) is 5.75 Å². The van der Waals surface area contributed by atoms with Gasteiger partial charge in [-0.15, -0.1) is 0 Å². The van der Waals surface area contributed by atoms with E-state index in [2.05, 4.69) is 58.3 Å². The highest BCUT2D eigenvalue weighted by atomic mass is 16.6. The van der Waals surface area contributed by atoms with Gasteiger partial charge in [0.05, 0.1) is 5.92 Å². The molecule has 0 amide bonds. The van der Waals surface area contributed by atoms with Gasteiger partial charge in [-0.1, -0.05) is 47.1 Å². The number of ether oxygens (including phenoxy) is 1. The Labute approximate surface area is 183 Å². The number of hydrogen-bond acceptors (Lipinski definition) is 6. The van der Waals surface area contributed by atoms with Crippen molar-refractivity contribution >= 4 is 17.5 Å². The first-order chi connectivity index (χ1) is 15.2. The smallest absolute Gasteiger partial charge is 0.151 e. The summed E-state index contributed by atoms with van der Waals surface area (Å²) in [5.74, 6) is 0.997. The summed E-state index contributed by atoms with van der Waals surface area (Å²) in [5.41, 5.74) is 11.3. The van der Waals surface area contributed by atoms with Gasteiger partial charge in [0.25, 0.3) is 0 Å². The van der Waals surface area contributed by atoms with E-state index < -0.39 is 0 Å². The highest BCUT2D eigenvalue weighted by molar-refractivity contribution is 6.06. The fraction of sp³-hybridized carbons (Fsp3) is 0.400. The molecule has 0 saturated carbocycles. The van der Waals surface area contributed by atoms with E-state index in [1.165, 1.54) is 11.1 Å². The second kappa shape index (κ2) is 8.73. The van der Waals surface area contributed by atoms with Gasteiger partial charge < -0.3 is 15.3 Å². The minimum absolute atomic E-state index is 0.0481. The zero-order valence-electron chi connectivity index (χ0n) is 18.0. The van der Waals surface area contributed by atoms with E-state index in [-0.39, 0.29) is 12.0 Å². The molecule has 3 heterocycles. The Morgan fingerprint density at radius 2 is 1.87 bits per heavy atom. The van der Waals surface area contributed by atoms with Crippen LogP contribution in [0.5, 0.6) is 5.75 Å². The lowest BCUT2D eigenvalue weighted by atomic mass is 9.90. The molecule has 1 fully saturated rings. The molecule has 2 aromatic rings. The molecule has 0 aliphatic carbocycles. The summed E-state index contributed by atoms with van der Waals surface area (Å²) in [7, 11) is 0. The molecule has 0 radical (unpaired) electrons. The van der Waals surface area contributed by atoms with Crippen LogP contribution >= 0.6 is 0 Å². The summed E-state index contributed by atoms with van der Waals surface area (Å²) in [5, 5.41) is 4.42. The second-order valence-electron chi connectivity index (χ2n) is 8.77. The van der Waals surface area contributed by atoms with Crippen LogP contribution in [-0.4, -0.2) is 67.5 Å². The molecule has 2 atom stereocenters. The lowest BCUT2D eigenvalue weighted by Crippen LogP contribution is -2.50. The number of fused-ring (bicyclic) bond motifs is 3. The molecule has 5 rings (SSSR count). The van der Waals surface area contributed by atoms with Crippen LogP contribution < -0.4 is 10.5 Å². The molecule has 3 aliphatic heterocycles. The lowest BCUT2D eigenvalue weighted by molar-refractivity contribution is 0.0101. The van der Waals surface area contributed by atoms with Gasteiger partial charge in [0, 0.05) is 56.6 Å². The van der Waals surface area contributed by atoms with Crippen molar-refractivity contribution in [1.82, 2.24) is 9.80 Å². The van der Waals surface area contributed by atoms with E-state index in [4.69, 9.17) is 15.3 Å². The van der Waals surface area contributed by atoms with Crippen molar-refractivity contribution in [3.63, 3.8) is 0 Å². The largest absolute Gasteiger partial charge is 0.492 e. The van der Waals surface area contributed by atoms with E-state index in [1.807, 2.05) is 18.2 Å². The zero-order valence-corrected chi connectivity index (χ0v) is 18.0. The summed E-state index contributed by atoms with van der Waals surface area (Å²) in [6, 6.07) is 16.3. The SMILES string of the molecule is C/C(=C\c1ccccc1)CN1CCN(CC2ON=C3c4ccc(N)cc4OCC32)CC1. The molecule has 31 heavy (non-hydrogen) atoms. The predicted octanol–water partition coefficient (Wildman–Crippen LogP) is 3.10. The topological polar surface area (TPSA) is 63.3 Å². The number of nitrogens with two attached hydrogens (primary N) is 1. The fourth-order valence-electron chi connectivity index (χ4n) is 4.70. The number of benzene rings is 2. The Kier molecular flexibility index (Phi) is 5.66. The summed E-state index contributed by atoms with van der Waals surface area (Å²) in [6.45, 7) is 8.98. The first kappa shape index (κ1) is 20.1. The quantitative estimate of drug-likeness (QED) is 0.756. The molecule has 0 bridgehead atoms. The summed E-state index contributed by atoms with van der Waals surface area (Å²) in [6.07, 6.45) is 2.33. The molecule has 2 unspecified atom stereocenters. The summed E-state index contributed by atoms with van der Waals surface area (Å²) < 4.78 is 5.97. The number of nitrogen functional groups attached to an aromatic ring is 1. The van der Waals surface area contributed by atoms with Crippen LogP contribution in [0.15, 0.2) is 59.3 Å². The van der Waals surface area contributed by atoms with E-state index in [9.17, 15) is 0 Å². The summed E-state index contributed by atoms with van der Waals surface area (Å²) in [4.78, 5) is 10.9. The third kappa shape index (κ3) is 4.45. The van der Waals surface area contributed by atoms with Gasteiger partial charge in [-0.25, -0.2) is 0 Å². The second-order valence-corrected chi connectivity index (χ2v) is 8.77. The van der Waals surface area contributed by atoms with Crippen molar-refractivity contribution in [2.45, 2.75) is 13.0 Å². The molecule has 2 aromatic carbocycles. The lowest BCUT2D eigenvalue weighted by Gasteiger charge is -2.36. The van der Waals surface area contributed by atoms with Gasteiger partial charge in [-0.2, -0.15) is 0 Å². The average Bonchev–Trinajstić information content (AvgIpc) is 3.18. The molecule has 6 nitrogen and oxygen atoms in total. The van der Waals surface area contributed by atoms with E-state index >= 15 is 0 Å². The molecule has 3 aliphatic rings. The van der Waals surface area contributed by atoms with Crippen molar-refractivity contribution in [2.75, 3.05) is 51.6 Å². The Hall–Kier alpha value is -2.83. The maximum atomic E-state index is 5.97. The molecule has 1 saturated heterocycles. The molecule has 0 aromatic heterocycles. The molecular formula is C25H30N4O2. The first-order valence-electron chi connectivity index (χ1n) is 11.1. The third-order valence-corrected chi connectivity index (χ3v) is 6.38. The van der Waals surface area contributed by atoms with E-state index in [1.54, 1.807) is 0 Å². The minimum atomic E-state index is 0.0481. The Morgan fingerprint density at radius 1 is 1.10 bits per heavy atom. The van der Waals surface area contributed by atoms with Crippen molar-refractivity contribution in [2.24, 2.45) is 11.1 Å². The van der Waals surface area contributed by atoms with E-state index in [0.29, 0.717) is 12.3 Å². The van der Waals surface area contributed by atoms with Gasteiger partial charge in [0.2, 0.25) is 0 Å². The number of rotatable bonds is 5. The van der Waals surface area contributed by atoms with Gasteiger partial charge in [-0.3, -0.25) is 9.80 Å². The molecule has 2 N–H and O–H groups in total. The van der Waals surface area contributed by atoms with Crippen LogP contribution in [0, 0.1) is 5.92 Å². The van der Waals surface area contributed by atoms with Gasteiger partial charge in [0.15, 0.2) is 6.10 Å². The summed E-state index contributed by atoms with van der Waals surface area (Å²) >= 11 is 0. The Morgan fingerprint density at radius 3 is 2.68 bits per heavy atom. The Balaban J connectivity index is 1.13. The van der Waals surface area contributed by atoms with Crippen LogP contribution in [0.1, 0.15) is 18.1 Å². The van der Waals surface area contributed by atoms with Crippen LogP contribution in [0.3, 0.4) is 0 Å². The highest BCUT2D eigenvalue weighted by Gasteiger charge is 2.40. The first-order valence-corrected chi connectivity index (χ1v) is 11.1. The molecular weight excluding hydrogens is 388 g/mol. The minimum Gasteiger partial charge on any atom is -0.492 e. The van der Waals surface area contributed by atoms with Crippen LogP contribution in [0.25, 0.3) is 6.08 Å². The van der Waals surface area contributed by atoms with Gasteiger partial charge in [-0.05, 0) is 24.6 Å². The van der Waals surface area contributed by atoms with Crippen molar-refractivity contribution < 1.29 is 9.57 Å². The van der Waals surface area contributed by atoms with Gasteiger partial charge in [0.1, 0.15) is 18.1 Å². The van der Waals surface area contributed by atoms with Crippen LogP contribution in [0.2, 0.25) is 0 Å². The third-order valence-electron chi connectivity index (χ3n) is 6.38. The highest BCUT2D eigenvalue weighted by Crippen LogP contribution is 2.35. The fourth-order valence-corrected chi connectivity index (χ4v) is 4.70.